The van der Waals surface area contributed by atoms with Crippen molar-refractivity contribution in [1.29, 1.82) is 0 Å². The molecule has 0 fully saturated rings. The van der Waals surface area contributed by atoms with Crippen molar-refractivity contribution in [3.8, 4) is 5.75 Å². The van der Waals surface area contributed by atoms with E-state index in [0.717, 1.165) is 6.07 Å². The summed E-state index contributed by atoms with van der Waals surface area (Å²) < 4.78 is 103. The van der Waals surface area contributed by atoms with E-state index in [4.69, 9.17) is 16.3 Å². The van der Waals surface area contributed by atoms with E-state index in [1.807, 2.05) is 0 Å². The number of benzene rings is 1. The van der Waals surface area contributed by atoms with Crippen molar-refractivity contribution >= 4 is 34.5 Å². The Balaban J connectivity index is 2.53. The SMILES string of the molecule is [O-][S@+](CC(F)(F)F)c1cc(OCCCCCSC(F)(F)F)c(F)cc1Cl. The van der Waals surface area contributed by atoms with Crippen LogP contribution in [0.1, 0.15) is 19.3 Å². The summed E-state index contributed by atoms with van der Waals surface area (Å²) in [5.41, 5.74) is -4.29. The molecule has 150 valence electrons. The van der Waals surface area contributed by atoms with Crippen LogP contribution in [0.3, 0.4) is 0 Å². The predicted molar refractivity (Wildman–Crippen MR) is 86.6 cm³/mol. The number of hydrogen-bond acceptors (Lipinski definition) is 3. The molecule has 1 aromatic rings. The topological polar surface area (TPSA) is 32.3 Å². The van der Waals surface area contributed by atoms with Crippen molar-refractivity contribution in [3.05, 3.63) is 23.0 Å². The van der Waals surface area contributed by atoms with Gasteiger partial charge in [-0.2, -0.15) is 26.3 Å². The van der Waals surface area contributed by atoms with E-state index in [-0.39, 0.29) is 30.5 Å². The summed E-state index contributed by atoms with van der Waals surface area (Å²) in [5, 5.41) is -0.415. The van der Waals surface area contributed by atoms with E-state index in [0.29, 0.717) is 18.9 Å². The quantitative estimate of drug-likeness (QED) is 0.267. The van der Waals surface area contributed by atoms with Crippen molar-refractivity contribution < 1.29 is 40.0 Å². The smallest absolute Gasteiger partial charge is 0.441 e. The van der Waals surface area contributed by atoms with E-state index in [1.165, 1.54) is 0 Å². The lowest BCUT2D eigenvalue weighted by Gasteiger charge is -2.15. The number of hydrogen-bond donors (Lipinski definition) is 0. The minimum Gasteiger partial charge on any atom is -0.611 e. The van der Waals surface area contributed by atoms with Crippen molar-refractivity contribution in [3.63, 3.8) is 0 Å². The molecule has 0 N–H and O–H groups in total. The van der Waals surface area contributed by atoms with Crippen LogP contribution in [0.25, 0.3) is 0 Å². The minimum absolute atomic E-state index is 0.0550. The van der Waals surface area contributed by atoms with E-state index in [2.05, 4.69) is 0 Å². The van der Waals surface area contributed by atoms with Gasteiger partial charge in [-0.25, -0.2) is 4.39 Å². The summed E-state index contributed by atoms with van der Waals surface area (Å²) in [6, 6.07) is 1.56. The fourth-order valence-electron chi connectivity index (χ4n) is 1.77. The molecule has 0 amide bonds. The van der Waals surface area contributed by atoms with Gasteiger partial charge < -0.3 is 9.29 Å². The standard InChI is InChI=1S/C14H14ClF7O2S2/c15-9-6-10(16)11(7-12(9)26(23)8-13(17,18)19)24-4-2-1-3-5-25-14(20,21)22/h6-7H,1-5,8H2/t26-/m1/s1. The number of halogens is 8. The number of thioether (sulfide) groups is 1. The third-order valence-electron chi connectivity index (χ3n) is 2.84. The zero-order chi connectivity index (χ0) is 20.0. The molecule has 0 saturated heterocycles. The normalized spacial score (nSPS) is 13.7. The highest BCUT2D eigenvalue weighted by Crippen LogP contribution is 2.33. The van der Waals surface area contributed by atoms with Crippen molar-refractivity contribution in [2.24, 2.45) is 0 Å². The van der Waals surface area contributed by atoms with E-state index in [1.54, 1.807) is 0 Å². The second kappa shape index (κ2) is 10.1. The molecular weight excluding hydrogens is 433 g/mol. The maximum atomic E-state index is 13.7. The molecule has 0 aliphatic rings. The summed E-state index contributed by atoms with van der Waals surface area (Å²) in [4.78, 5) is -0.401. The van der Waals surface area contributed by atoms with Crippen molar-refractivity contribution in [2.45, 2.75) is 35.8 Å². The summed E-state index contributed by atoms with van der Waals surface area (Å²) in [6.45, 7) is -0.0550. The molecule has 26 heavy (non-hydrogen) atoms. The van der Waals surface area contributed by atoms with Gasteiger partial charge in [0, 0.05) is 17.9 Å². The Hall–Kier alpha value is -0.520. The number of rotatable bonds is 9. The monoisotopic (exact) mass is 446 g/mol. The molecule has 0 saturated carbocycles. The van der Waals surface area contributed by atoms with Crippen LogP contribution in [0, 0.1) is 5.82 Å². The summed E-state index contributed by atoms with van der Waals surface area (Å²) >= 11 is 2.97. The van der Waals surface area contributed by atoms with Gasteiger partial charge in [0.2, 0.25) is 5.75 Å². The number of ether oxygens (including phenoxy) is 1. The summed E-state index contributed by atoms with van der Waals surface area (Å²) in [6.07, 6.45) is -3.69. The van der Waals surface area contributed by atoms with Gasteiger partial charge in [-0.1, -0.05) is 23.4 Å². The largest absolute Gasteiger partial charge is 0.611 e. The Kier molecular flexibility index (Phi) is 9.17. The van der Waals surface area contributed by atoms with Gasteiger partial charge in [0.15, 0.2) is 16.5 Å². The Labute approximate surface area is 157 Å². The fraction of sp³-hybridized carbons (Fsp3) is 0.571. The lowest BCUT2D eigenvalue weighted by molar-refractivity contribution is -0.106. The average molecular weight is 447 g/mol. The molecule has 0 aromatic heterocycles. The molecule has 2 nitrogen and oxygen atoms in total. The first-order valence-electron chi connectivity index (χ1n) is 7.17. The highest BCUT2D eigenvalue weighted by Gasteiger charge is 2.37. The van der Waals surface area contributed by atoms with E-state index in [9.17, 15) is 35.3 Å². The first kappa shape index (κ1) is 23.5. The van der Waals surface area contributed by atoms with Crippen LogP contribution < -0.4 is 4.74 Å². The van der Waals surface area contributed by atoms with Crippen LogP contribution in [0.15, 0.2) is 17.0 Å². The van der Waals surface area contributed by atoms with Gasteiger partial charge >= 0.3 is 11.7 Å². The third-order valence-corrected chi connectivity index (χ3v) is 5.50. The highest BCUT2D eigenvalue weighted by molar-refractivity contribution is 8.00. The molecule has 1 rings (SSSR count). The van der Waals surface area contributed by atoms with Gasteiger partial charge in [-0.15, -0.1) is 0 Å². The van der Waals surface area contributed by atoms with Crippen molar-refractivity contribution in [1.82, 2.24) is 0 Å². The second-order valence-corrected chi connectivity index (χ2v) is 8.01. The van der Waals surface area contributed by atoms with Gasteiger partial charge in [0.1, 0.15) is 0 Å². The zero-order valence-electron chi connectivity index (χ0n) is 13.1. The fourth-order valence-corrected chi connectivity index (χ4v) is 3.73. The maximum absolute atomic E-state index is 13.7. The van der Waals surface area contributed by atoms with Crippen LogP contribution in [0.4, 0.5) is 30.7 Å². The van der Waals surface area contributed by atoms with Crippen molar-refractivity contribution in [2.75, 3.05) is 18.1 Å². The number of alkyl halides is 6. The molecule has 0 aliphatic heterocycles. The Morgan fingerprint density at radius 1 is 1.08 bits per heavy atom. The minimum atomic E-state index is -4.68. The van der Waals surface area contributed by atoms with Crippen LogP contribution in [-0.4, -0.2) is 34.3 Å². The highest BCUT2D eigenvalue weighted by atomic mass is 35.5. The van der Waals surface area contributed by atoms with E-state index >= 15 is 0 Å². The van der Waals surface area contributed by atoms with Gasteiger partial charge in [-0.05, 0) is 30.4 Å². The molecule has 0 bridgehead atoms. The molecule has 12 heteroatoms. The summed E-state index contributed by atoms with van der Waals surface area (Å²) in [7, 11) is 0. The lowest BCUT2D eigenvalue weighted by atomic mass is 10.2. The van der Waals surface area contributed by atoms with Gasteiger partial charge in [-0.3, -0.25) is 0 Å². The Bertz CT molecular complexity index is 582. The zero-order valence-corrected chi connectivity index (χ0v) is 15.4. The average Bonchev–Trinajstić information content (AvgIpc) is 2.45. The van der Waals surface area contributed by atoms with Gasteiger partial charge in [0.25, 0.3) is 0 Å². The van der Waals surface area contributed by atoms with Gasteiger partial charge in [0.05, 0.1) is 11.6 Å². The summed E-state index contributed by atoms with van der Waals surface area (Å²) in [5.74, 6) is -3.09. The number of unbranched alkanes of at least 4 members (excludes halogenated alkanes) is 2. The molecular formula is C14H14ClF7O2S2. The molecule has 0 radical (unpaired) electrons. The Morgan fingerprint density at radius 2 is 1.73 bits per heavy atom. The molecule has 0 unspecified atom stereocenters. The maximum Gasteiger partial charge on any atom is 0.441 e. The molecule has 1 atom stereocenters. The lowest BCUT2D eigenvalue weighted by Crippen LogP contribution is -2.23. The molecule has 0 aliphatic carbocycles. The second-order valence-electron chi connectivity index (χ2n) is 5.02. The van der Waals surface area contributed by atoms with E-state index < -0.39 is 50.1 Å². The third kappa shape index (κ3) is 9.43. The molecule has 1 aromatic carbocycles. The predicted octanol–water partition coefficient (Wildman–Crippen LogP) is 5.95. The van der Waals surface area contributed by atoms with Crippen LogP contribution >= 0.6 is 23.4 Å². The van der Waals surface area contributed by atoms with Crippen LogP contribution in [0.5, 0.6) is 5.75 Å². The first-order chi connectivity index (χ1) is 11.9. The van der Waals surface area contributed by atoms with Crippen LogP contribution in [-0.2, 0) is 11.2 Å². The van der Waals surface area contributed by atoms with Crippen LogP contribution in [0.2, 0.25) is 5.02 Å². The first-order valence-corrected chi connectivity index (χ1v) is 9.85. The Morgan fingerprint density at radius 3 is 2.31 bits per heavy atom. The molecule has 0 spiro atoms. The molecule has 0 heterocycles.